The number of aliphatic hydroxyl groups excluding tert-OH is 1. The van der Waals surface area contributed by atoms with E-state index in [0.717, 1.165) is 18.9 Å². The molecule has 1 saturated heterocycles. The molecule has 2 rings (SSSR count). The van der Waals surface area contributed by atoms with Crippen LogP contribution in [-0.4, -0.2) is 28.2 Å². The number of rotatable bonds is 2. The van der Waals surface area contributed by atoms with Crippen LogP contribution in [0.2, 0.25) is 0 Å². The number of hydrogen-bond acceptors (Lipinski definition) is 4. The van der Waals surface area contributed by atoms with Crippen LogP contribution in [0.15, 0.2) is 12.4 Å². The molecular weight excluding hydrogens is 178 g/mol. The summed E-state index contributed by atoms with van der Waals surface area (Å²) in [7, 11) is 0. The van der Waals surface area contributed by atoms with E-state index >= 15 is 0 Å². The predicted octanol–water partition coefficient (Wildman–Crippen LogP) is 0.959. The Morgan fingerprint density at radius 1 is 1.14 bits per heavy atom. The highest BCUT2D eigenvalue weighted by Crippen LogP contribution is 2.15. The SMILES string of the molecule is OCc1cnc(N2CCCCC2)cn1. The molecule has 0 amide bonds. The van der Waals surface area contributed by atoms with Gasteiger partial charge >= 0.3 is 0 Å². The Labute approximate surface area is 83.6 Å². The zero-order valence-electron chi connectivity index (χ0n) is 8.19. The summed E-state index contributed by atoms with van der Waals surface area (Å²) >= 11 is 0. The Morgan fingerprint density at radius 3 is 2.50 bits per heavy atom. The summed E-state index contributed by atoms with van der Waals surface area (Å²) in [5.74, 6) is 0.932. The maximum Gasteiger partial charge on any atom is 0.147 e. The van der Waals surface area contributed by atoms with Gasteiger partial charge in [0.2, 0.25) is 0 Å². The van der Waals surface area contributed by atoms with Crippen molar-refractivity contribution in [3.05, 3.63) is 18.1 Å². The second-order valence-corrected chi connectivity index (χ2v) is 3.57. The van der Waals surface area contributed by atoms with E-state index in [1.807, 2.05) is 0 Å². The first-order valence-electron chi connectivity index (χ1n) is 5.07. The maximum atomic E-state index is 8.82. The lowest BCUT2D eigenvalue weighted by molar-refractivity contribution is 0.276. The summed E-state index contributed by atoms with van der Waals surface area (Å²) < 4.78 is 0. The summed E-state index contributed by atoms with van der Waals surface area (Å²) in [4.78, 5) is 10.6. The van der Waals surface area contributed by atoms with Crippen LogP contribution in [-0.2, 0) is 6.61 Å². The van der Waals surface area contributed by atoms with Gasteiger partial charge in [-0.1, -0.05) is 0 Å². The maximum absolute atomic E-state index is 8.82. The van der Waals surface area contributed by atoms with Crippen LogP contribution in [0.5, 0.6) is 0 Å². The molecule has 1 aliphatic heterocycles. The fourth-order valence-corrected chi connectivity index (χ4v) is 1.72. The summed E-state index contributed by atoms with van der Waals surface area (Å²) in [6.07, 6.45) is 7.19. The summed E-state index contributed by atoms with van der Waals surface area (Å²) in [5, 5.41) is 8.82. The Hall–Kier alpha value is -1.16. The highest BCUT2D eigenvalue weighted by Gasteiger charge is 2.11. The summed E-state index contributed by atoms with van der Waals surface area (Å²) in [5.41, 5.74) is 0.630. The minimum atomic E-state index is -0.0344. The van der Waals surface area contributed by atoms with Gasteiger partial charge in [0.05, 0.1) is 24.7 Å². The standard InChI is InChI=1S/C10H15N3O/c14-8-9-6-12-10(7-11-9)13-4-2-1-3-5-13/h6-7,14H,1-5,8H2. The first-order valence-corrected chi connectivity index (χ1v) is 5.07. The van der Waals surface area contributed by atoms with Crippen LogP contribution in [0.3, 0.4) is 0 Å². The fourth-order valence-electron chi connectivity index (χ4n) is 1.72. The molecule has 1 N–H and O–H groups in total. The highest BCUT2D eigenvalue weighted by atomic mass is 16.3. The molecule has 0 bridgehead atoms. The molecule has 0 aliphatic carbocycles. The number of aromatic nitrogens is 2. The first-order chi connectivity index (χ1) is 6.90. The van der Waals surface area contributed by atoms with Gasteiger partial charge in [0.1, 0.15) is 5.82 Å². The van der Waals surface area contributed by atoms with E-state index in [4.69, 9.17) is 5.11 Å². The first kappa shape index (κ1) is 9.40. The van der Waals surface area contributed by atoms with Crippen LogP contribution < -0.4 is 4.90 Å². The van der Waals surface area contributed by atoms with Crippen LogP contribution >= 0.6 is 0 Å². The van der Waals surface area contributed by atoms with Crippen molar-refractivity contribution < 1.29 is 5.11 Å². The Balaban J connectivity index is 2.07. The molecule has 1 aromatic heterocycles. The number of piperidine rings is 1. The lowest BCUT2D eigenvalue weighted by atomic mass is 10.1. The lowest BCUT2D eigenvalue weighted by Crippen LogP contribution is -2.30. The van der Waals surface area contributed by atoms with Crippen molar-refractivity contribution in [2.45, 2.75) is 25.9 Å². The van der Waals surface area contributed by atoms with Crippen LogP contribution in [0, 0.1) is 0 Å². The molecule has 14 heavy (non-hydrogen) atoms. The third-order valence-corrected chi connectivity index (χ3v) is 2.53. The minimum Gasteiger partial charge on any atom is -0.390 e. The molecule has 0 spiro atoms. The molecule has 0 aromatic carbocycles. The molecule has 4 nitrogen and oxygen atoms in total. The van der Waals surface area contributed by atoms with E-state index in [-0.39, 0.29) is 6.61 Å². The quantitative estimate of drug-likeness (QED) is 0.760. The normalized spacial score (nSPS) is 17.1. The Bertz CT molecular complexity index is 280. The number of hydrogen-bond donors (Lipinski definition) is 1. The lowest BCUT2D eigenvalue weighted by Gasteiger charge is -2.27. The van der Waals surface area contributed by atoms with Gasteiger partial charge in [-0.3, -0.25) is 4.98 Å². The zero-order chi connectivity index (χ0) is 9.80. The fraction of sp³-hybridized carbons (Fsp3) is 0.600. The molecule has 1 aliphatic rings. The van der Waals surface area contributed by atoms with E-state index < -0.39 is 0 Å². The van der Waals surface area contributed by atoms with Gasteiger partial charge in [-0.2, -0.15) is 0 Å². The average molecular weight is 193 g/mol. The van der Waals surface area contributed by atoms with Gasteiger partial charge in [0.15, 0.2) is 0 Å². The number of aliphatic hydroxyl groups is 1. The molecule has 76 valence electrons. The van der Waals surface area contributed by atoms with Crippen molar-refractivity contribution in [2.75, 3.05) is 18.0 Å². The van der Waals surface area contributed by atoms with Crippen molar-refractivity contribution in [2.24, 2.45) is 0 Å². The Morgan fingerprint density at radius 2 is 1.93 bits per heavy atom. The monoisotopic (exact) mass is 193 g/mol. The third kappa shape index (κ3) is 2.01. The molecule has 1 fully saturated rings. The van der Waals surface area contributed by atoms with Gasteiger partial charge in [0.25, 0.3) is 0 Å². The van der Waals surface area contributed by atoms with E-state index in [1.165, 1.54) is 19.3 Å². The second-order valence-electron chi connectivity index (χ2n) is 3.57. The second kappa shape index (κ2) is 4.37. The van der Waals surface area contributed by atoms with E-state index in [2.05, 4.69) is 14.9 Å². The molecule has 0 atom stereocenters. The third-order valence-electron chi connectivity index (χ3n) is 2.53. The Kier molecular flexibility index (Phi) is 2.93. The van der Waals surface area contributed by atoms with Crippen molar-refractivity contribution in [1.29, 1.82) is 0 Å². The molecule has 0 radical (unpaired) electrons. The summed E-state index contributed by atoms with van der Waals surface area (Å²) in [6, 6.07) is 0. The van der Waals surface area contributed by atoms with Crippen molar-refractivity contribution in [1.82, 2.24) is 9.97 Å². The van der Waals surface area contributed by atoms with Crippen molar-refractivity contribution in [3.63, 3.8) is 0 Å². The van der Waals surface area contributed by atoms with Crippen LogP contribution in [0.25, 0.3) is 0 Å². The number of nitrogens with zero attached hydrogens (tertiary/aromatic N) is 3. The van der Waals surface area contributed by atoms with Gasteiger partial charge in [-0.05, 0) is 19.3 Å². The number of anilines is 1. The summed E-state index contributed by atoms with van der Waals surface area (Å²) in [6.45, 7) is 2.12. The minimum absolute atomic E-state index is 0.0344. The molecule has 0 unspecified atom stereocenters. The highest BCUT2D eigenvalue weighted by molar-refractivity contribution is 5.35. The topological polar surface area (TPSA) is 49.3 Å². The van der Waals surface area contributed by atoms with Gasteiger partial charge in [-0.15, -0.1) is 0 Å². The molecule has 2 heterocycles. The molecular formula is C10H15N3O. The largest absolute Gasteiger partial charge is 0.390 e. The van der Waals surface area contributed by atoms with E-state index in [1.54, 1.807) is 12.4 Å². The van der Waals surface area contributed by atoms with Crippen molar-refractivity contribution >= 4 is 5.82 Å². The van der Waals surface area contributed by atoms with Crippen LogP contribution in [0.1, 0.15) is 25.0 Å². The van der Waals surface area contributed by atoms with E-state index in [0.29, 0.717) is 5.69 Å². The average Bonchev–Trinajstić information content (AvgIpc) is 2.30. The molecule has 1 aromatic rings. The van der Waals surface area contributed by atoms with Gasteiger partial charge in [0, 0.05) is 13.1 Å². The van der Waals surface area contributed by atoms with E-state index in [9.17, 15) is 0 Å². The van der Waals surface area contributed by atoms with Crippen molar-refractivity contribution in [3.8, 4) is 0 Å². The van der Waals surface area contributed by atoms with Gasteiger partial charge in [-0.25, -0.2) is 4.98 Å². The van der Waals surface area contributed by atoms with Gasteiger partial charge < -0.3 is 10.0 Å². The molecule has 4 heteroatoms. The van der Waals surface area contributed by atoms with Crippen LogP contribution in [0.4, 0.5) is 5.82 Å². The predicted molar refractivity (Wildman–Crippen MR) is 54.0 cm³/mol. The molecule has 0 saturated carbocycles. The smallest absolute Gasteiger partial charge is 0.147 e. The zero-order valence-corrected chi connectivity index (χ0v) is 8.19.